The van der Waals surface area contributed by atoms with E-state index in [1.54, 1.807) is 30.3 Å². The van der Waals surface area contributed by atoms with Crippen LogP contribution in [0.4, 0.5) is 10.1 Å². The molecule has 0 aliphatic rings. The van der Waals surface area contributed by atoms with E-state index in [2.05, 4.69) is 10.3 Å². The molecule has 4 nitrogen and oxygen atoms in total. The average Bonchev–Trinajstić information content (AvgIpc) is 3.05. The topological polar surface area (TPSA) is 55.1 Å². The minimum atomic E-state index is -0.559. The Morgan fingerprint density at radius 3 is 2.59 bits per heavy atom. The molecule has 4 aromatic rings. The van der Waals surface area contributed by atoms with Crippen molar-refractivity contribution in [2.75, 3.05) is 5.32 Å². The van der Waals surface area contributed by atoms with Crippen molar-refractivity contribution in [3.05, 3.63) is 83.2 Å². The monoisotopic (exact) mass is 360 g/mol. The molecule has 27 heavy (non-hydrogen) atoms. The molecule has 1 heterocycles. The number of benzene rings is 3. The number of amides is 1. The van der Waals surface area contributed by atoms with Crippen LogP contribution in [0.1, 0.15) is 21.5 Å². The Balaban J connectivity index is 1.65. The lowest BCUT2D eigenvalue weighted by atomic mass is 10.1. The molecule has 134 valence electrons. The first-order chi connectivity index (χ1) is 13.0. The SMILES string of the molecule is Cc1cc2nc(-c3cccc(NC(=O)c4ccccc4F)c3)oc2cc1C. The number of hydrogen-bond acceptors (Lipinski definition) is 3. The lowest BCUT2D eigenvalue weighted by Gasteiger charge is -2.07. The Kier molecular flexibility index (Phi) is 4.20. The van der Waals surface area contributed by atoms with E-state index in [9.17, 15) is 9.18 Å². The van der Waals surface area contributed by atoms with Crippen LogP contribution < -0.4 is 5.32 Å². The van der Waals surface area contributed by atoms with Gasteiger partial charge in [0, 0.05) is 11.3 Å². The molecule has 0 fully saturated rings. The summed E-state index contributed by atoms with van der Waals surface area (Å²) in [7, 11) is 0. The molecule has 0 spiro atoms. The fourth-order valence-corrected chi connectivity index (χ4v) is 2.88. The van der Waals surface area contributed by atoms with Crippen LogP contribution in [0.5, 0.6) is 0 Å². The summed E-state index contributed by atoms with van der Waals surface area (Å²) in [5, 5.41) is 2.71. The molecule has 0 unspecified atom stereocenters. The number of rotatable bonds is 3. The van der Waals surface area contributed by atoms with Gasteiger partial charge in [0.1, 0.15) is 11.3 Å². The van der Waals surface area contributed by atoms with Crippen LogP contribution in [0, 0.1) is 19.7 Å². The maximum absolute atomic E-state index is 13.8. The Hall–Kier alpha value is -3.47. The molecule has 0 bridgehead atoms. The van der Waals surface area contributed by atoms with Crippen LogP contribution in [0.2, 0.25) is 0 Å². The second-order valence-corrected chi connectivity index (χ2v) is 6.44. The number of anilines is 1. The molecule has 5 heteroatoms. The number of oxazole rings is 1. The normalized spacial score (nSPS) is 10.9. The second-order valence-electron chi connectivity index (χ2n) is 6.44. The van der Waals surface area contributed by atoms with Gasteiger partial charge in [0.2, 0.25) is 5.89 Å². The smallest absolute Gasteiger partial charge is 0.258 e. The van der Waals surface area contributed by atoms with Gasteiger partial charge in [0.25, 0.3) is 5.91 Å². The van der Waals surface area contributed by atoms with Crippen molar-refractivity contribution in [1.29, 1.82) is 0 Å². The Morgan fingerprint density at radius 2 is 1.78 bits per heavy atom. The van der Waals surface area contributed by atoms with Gasteiger partial charge in [-0.25, -0.2) is 9.37 Å². The summed E-state index contributed by atoms with van der Waals surface area (Å²) in [4.78, 5) is 16.8. The first-order valence-electron chi connectivity index (χ1n) is 8.55. The summed E-state index contributed by atoms with van der Waals surface area (Å²) in [6.45, 7) is 4.05. The molecule has 4 rings (SSSR count). The van der Waals surface area contributed by atoms with Gasteiger partial charge >= 0.3 is 0 Å². The van der Waals surface area contributed by atoms with Gasteiger partial charge in [0.15, 0.2) is 5.58 Å². The fourth-order valence-electron chi connectivity index (χ4n) is 2.88. The second kappa shape index (κ2) is 6.68. The Bertz CT molecular complexity index is 1130. The van der Waals surface area contributed by atoms with Crippen molar-refractivity contribution in [1.82, 2.24) is 4.98 Å². The van der Waals surface area contributed by atoms with E-state index >= 15 is 0 Å². The molecular formula is C22H17FN2O2. The maximum Gasteiger partial charge on any atom is 0.258 e. The van der Waals surface area contributed by atoms with E-state index < -0.39 is 11.7 Å². The minimum absolute atomic E-state index is 0.00397. The lowest BCUT2D eigenvalue weighted by Crippen LogP contribution is -2.13. The van der Waals surface area contributed by atoms with Crippen molar-refractivity contribution in [3.63, 3.8) is 0 Å². The van der Waals surface area contributed by atoms with E-state index in [-0.39, 0.29) is 5.56 Å². The van der Waals surface area contributed by atoms with Gasteiger partial charge < -0.3 is 9.73 Å². The quantitative estimate of drug-likeness (QED) is 0.525. The summed E-state index contributed by atoms with van der Waals surface area (Å²) in [6.07, 6.45) is 0. The third-order valence-corrected chi connectivity index (χ3v) is 4.49. The zero-order valence-electron chi connectivity index (χ0n) is 14.9. The highest BCUT2D eigenvalue weighted by molar-refractivity contribution is 6.04. The summed E-state index contributed by atoms with van der Waals surface area (Å²) >= 11 is 0. The van der Waals surface area contributed by atoms with Crippen molar-refractivity contribution in [2.24, 2.45) is 0 Å². The minimum Gasteiger partial charge on any atom is -0.436 e. The average molecular weight is 360 g/mol. The number of carbonyl (C=O) groups excluding carboxylic acids is 1. The Labute approximate surface area is 155 Å². The van der Waals surface area contributed by atoms with Crippen LogP contribution in [-0.2, 0) is 0 Å². The molecule has 0 saturated carbocycles. The van der Waals surface area contributed by atoms with E-state index in [0.717, 1.165) is 22.2 Å². The first-order valence-corrected chi connectivity index (χ1v) is 8.55. The predicted octanol–water partition coefficient (Wildman–Crippen LogP) is 5.50. The van der Waals surface area contributed by atoms with Crippen molar-refractivity contribution in [3.8, 4) is 11.5 Å². The number of halogens is 1. The largest absolute Gasteiger partial charge is 0.436 e. The van der Waals surface area contributed by atoms with Crippen LogP contribution >= 0.6 is 0 Å². The number of nitrogens with zero attached hydrogens (tertiary/aromatic N) is 1. The first kappa shape index (κ1) is 17.0. The van der Waals surface area contributed by atoms with Crippen LogP contribution in [0.3, 0.4) is 0 Å². The molecular weight excluding hydrogens is 343 g/mol. The van der Waals surface area contributed by atoms with Crippen LogP contribution in [-0.4, -0.2) is 10.9 Å². The van der Waals surface area contributed by atoms with Crippen molar-refractivity contribution < 1.29 is 13.6 Å². The van der Waals surface area contributed by atoms with Gasteiger partial charge in [-0.3, -0.25) is 4.79 Å². The molecule has 3 aromatic carbocycles. The summed E-state index contributed by atoms with van der Waals surface area (Å²) in [5.41, 5.74) is 5.05. The highest BCUT2D eigenvalue weighted by Crippen LogP contribution is 2.28. The van der Waals surface area contributed by atoms with Gasteiger partial charge in [-0.05, 0) is 67.4 Å². The van der Waals surface area contributed by atoms with E-state index in [1.807, 2.05) is 32.0 Å². The zero-order chi connectivity index (χ0) is 19.0. The van der Waals surface area contributed by atoms with Crippen LogP contribution in [0.15, 0.2) is 65.1 Å². The number of carbonyl (C=O) groups is 1. The molecule has 0 atom stereocenters. The van der Waals surface area contributed by atoms with E-state index in [4.69, 9.17) is 4.42 Å². The predicted molar refractivity (Wildman–Crippen MR) is 103 cm³/mol. The fraction of sp³-hybridized carbons (Fsp3) is 0.0909. The van der Waals surface area contributed by atoms with Gasteiger partial charge in [-0.2, -0.15) is 0 Å². The summed E-state index contributed by atoms with van der Waals surface area (Å²) in [5.74, 6) is -0.595. The maximum atomic E-state index is 13.8. The number of fused-ring (bicyclic) bond motifs is 1. The molecule has 0 aliphatic heterocycles. The van der Waals surface area contributed by atoms with E-state index in [1.165, 1.54) is 12.1 Å². The number of nitrogens with one attached hydrogen (secondary N) is 1. The number of hydrogen-bond donors (Lipinski definition) is 1. The highest BCUT2D eigenvalue weighted by atomic mass is 19.1. The molecule has 0 saturated heterocycles. The van der Waals surface area contributed by atoms with Crippen LogP contribution in [0.25, 0.3) is 22.6 Å². The van der Waals surface area contributed by atoms with Crippen molar-refractivity contribution >= 4 is 22.7 Å². The molecule has 0 radical (unpaired) electrons. The van der Waals surface area contributed by atoms with Gasteiger partial charge in [-0.15, -0.1) is 0 Å². The number of aryl methyl sites for hydroxylation is 2. The zero-order valence-corrected chi connectivity index (χ0v) is 14.9. The molecule has 1 N–H and O–H groups in total. The summed E-state index contributed by atoms with van der Waals surface area (Å²) in [6, 6.07) is 16.9. The molecule has 0 aliphatic carbocycles. The van der Waals surface area contributed by atoms with E-state index in [0.29, 0.717) is 17.2 Å². The van der Waals surface area contributed by atoms with Gasteiger partial charge in [0.05, 0.1) is 5.56 Å². The highest BCUT2D eigenvalue weighted by Gasteiger charge is 2.13. The third kappa shape index (κ3) is 3.31. The molecule has 1 amide bonds. The summed E-state index contributed by atoms with van der Waals surface area (Å²) < 4.78 is 19.7. The third-order valence-electron chi connectivity index (χ3n) is 4.49. The standard InChI is InChI=1S/C22H17FN2O2/c1-13-10-19-20(11-14(13)2)27-22(25-19)15-6-5-7-16(12-15)24-21(26)17-8-3-4-9-18(17)23/h3-12H,1-2H3,(H,24,26). The number of aromatic nitrogens is 1. The lowest BCUT2D eigenvalue weighted by molar-refractivity contribution is 0.102. The molecule has 1 aromatic heterocycles. The van der Waals surface area contributed by atoms with Gasteiger partial charge in [-0.1, -0.05) is 18.2 Å². The Morgan fingerprint density at radius 1 is 1.00 bits per heavy atom. The van der Waals surface area contributed by atoms with Crippen molar-refractivity contribution in [2.45, 2.75) is 13.8 Å².